The van der Waals surface area contributed by atoms with Crippen molar-refractivity contribution in [3.8, 4) is 0 Å². The van der Waals surface area contributed by atoms with E-state index in [0.29, 0.717) is 25.1 Å². The lowest BCUT2D eigenvalue weighted by molar-refractivity contribution is -0.120. The van der Waals surface area contributed by atoms with Gasteiger partial charge in [0.1, 0.15) is 5.82 Å². The number of halogens is 1. The van der Waals surface area contributed by atoms with Gasteiger partial charge in [-0.1, -0.05) is 0 Å². The van der Waals surface area contributed by atoms with Crippen molar-refractivity contribution in [3.63, 3.8) is 0 Å². The van der Waals surface area contributed by atoms with Gasteiger partial charge in [-0.05, 0) is 49.2 Å². The van der Waals surface area contributed by atoms with E-state index < -0.39 is 21.8 Å². The number of aromatic nitrogens is 1. The summed E-state index contributed by atoms with van der Waals surface area (Å²) in [5.41, 5.74) is 0.575. The Labute approximate surface area is 145 Å². The first-order chi connectivity index (χ1) is 12.0. The fraction of sp³-hybridized carbons (Fsp3) is 0.294. The molecular formula is C17H18FN3O3S. The van der Waals surface area contributed by atoms with Crippen molar-refractivity contribution in [1.29, 1.82) is 0 Å². The van der Waals surface area contributed by atoms with E-state index in [9.17, 15) is 17.6 Å². The number of nitrogens with one attached hydrogen (secondary N) is 1. The molecule has 132 valence electrons. The molecule has 0 spiro atoms. The van der Waals surface area contributed by atoms with Gasteiger partial charge in [0.25, 0.3) is 0 Å². The maximum Gasteiger partial charge on any atom is 0.243 e. The first-order valence-electron chi connectivity index (χ1n) is 7.93. The minimum atomic E-state index is -3.74. The van der Waals surface area contributed by atoms with Crippen LogP contribution in [-0.2, 0) is 14.8 Å². The van der Waals surface area contributed by atoms with Gasteiger partial charge in [0.2, 0.25) is 15.9 Å². The molecule has 1 aromatic carbocycles. The highest BCUT2D eigenvalue weighted by Gasteiger charge is 2.33. The summed E-state index contributed by atoms with van der Waals surface area (Å²) in [5, 5.41) is 2.76. The Morgan fingerprint density at radius 3 is 2.68 bits per heavy atom. The Morgan fingerprint density at radius 2 is 2.00 bits per heavy atom. The summed E-state index contributed by atoms with van der Waals surface area (Å²) in [6, 6.07) is 8.14. The third kappa shape index (κ3) is 4.02. The number of hydrogen-bond donors (Lipinski definition) is 1. The van der Waals surface area contributed by atoms with Crippen molar-refractivity contribution in [2.24, 2.45) is 5.92 Å². The van der Waals surface area contributed by atoms with Crippen molar-refractivity contribution in [2.45, 2.75) is 17.7 Å². The molecule has 2 aromatic rings. The van der Waals surface area contributed by atoms with Gasteiger partial charge in [0, 0.05) is 19.3 Å². The zero-order valence-corrected chi connectivity index (χ0v) is 14.2. The zero-order valence-electron chi connectivity index (χ0n) is 13.4. The van der Waals surface area contributed by atoms with Crippen LogP contribution in [0.25, 0.3) is 0 Å². The van der Waals surface area contributed by atoms with Crippen molar-refractivity contribution in [3.05, 3.63) is 54.6 Å². The predicted octanol–water partition coefficient (Wildman–Crippen LogP) is 2.26. The lowest BCUT2D eigenvalue weighted by Crippen LogP contribution is -2.43. The standard InChI is InChI=1S/C17H18FN3O3S/c18-14-5-7-16(8-6-14)25(23,24)21-10-2-3-13(12-21)17(22)20-15-4-1-9-19-11-15/h1,4-9,11,13H,2-3,10,12H2,(H,20,22)/t13-/m0/s1. The molecule has 1 amide bonds. The SMILES string of the molecule is O=C(Nc1cccnc1)[C@H]1CCCN(S(=O)(=O)c2ccc(F)cc2)C1. The first kappa shape index (κ1) is 17.5. The van der Waals surface area contributed by atoms with Gasteiger partial charge in [-0.2, -0.15) is 4.31 Å². The average Bonchev–Trinajstić information content (AvgIpc) is 2.63. The average molecular weight is 363 g/mol. The number of sulfonamides is 1. The van der Waals surface area contributed by atoms with Crippen molar-refractivity contribution in [2.75, 3.05) is 18.4 Å². The van der Waals surface area contributed by atoms with Crippen LogP contribution in [0.5, 0.6) is 0 Å². The molecular weight excluding hydrogens is 345 g/mol. The maximum absolute atomic E-state index is 13.0. The Morgan fingerprint density at radius 1 is 1.24 bits per heavy atom. The van der Waals surface area contributed by atoms with Gasteiger partial charge in [0.05, 0.1) is 22.7 Å². The molecule has 0 radical (unpaired) electrons. The van der Waals surface area contributed by atoms with E-state index in [0.717, 1.165) is 12.1 Å². The summed E-state index contributed by atoms with van der Waals surface area (Å²) in [4.78, 5) is 16.4. The molecule has 1 N–H and O–H groups in total. The Bertz CT molecular complexity index is 841. The second-order valence-corrected chi connectivity index (χ2v) is 7.83. The summed E-state index contributed by atoms with van der Waals surface area (Å²) in [5.74, 6) is -1.16. The Kier molecular flexibility index (Phi) is 5.10. The van der Waals surface area contributed by atoms with E-state index in [4.69, 9.17) is 0 Å². The quantitative estimate of drug-likeness (QED) is 0.904. The third-order valence-corrected chi connectivity index (χ3v) is 6.01. The lowest BCUT2D eigenvalue weighted by Gasteiger charge is -2.31. The number of anilines is 1. The van der Waals surface area contributed by atoms with E-state index in [2.05, 4.69) is 10.3 Å². The molecule has 1 aliphatic heterocycles. The summed E-state index contributed by atoms with van der Waals surface area (Å²) in [7, 11) is -3.74. The number of piperidine rings is 1. The molecule has 1 fully saturated rings. The molecule has 1 aliphatic rings. The highest BCUT2D eigenvalue weighted by Crippen LogP contribution is 2.24. The maximum atomic E-state index is 13.0. The predicted molar refractivity (Wildman–Crippen MR) is 90.7 cm³/mol. The smallest absolute Gasteiger partial charge is 0.243 e. The van der Waals surface area contributed by atoms with Crippen molar-refractivity contribution in [1.82, 2.24) is 9.29 Å². The highest BCUT2D eigenvalue weighted by atomic mass is 32.2. The van der Waals surface area contributed by atoms with Crippen LogP contribution in [0.1, 0.15) is 12.8 Å². The van der Waals surface area contributed by atoms with Crippen LogP contribution >= 0.6 is 0 Å². The molecule has 1 saturated heterocycles. The van der Waals surface area contributed by atoms with Crippen LogP contribution < -0.4 is 5.32 Å². The van der Waals surface area contributed by atoms with Crippen LogP contribution in [0, 0.1) is 11.7 Å². The van der Waals surface area contributed by atoms with Gasteiger partial charge >= 0.3 is 0 Å². The minimum absolute atomic E-state index is 0.0298. The summed E-state index contributed by atoms with van der Waals surface area (Å²) in [6.07, 6.45) is 4.34. The first-order valence-corrected chi connectivity index (χ1v) is 9.37. The molecule has 0 bridgehead atoms. The van der Waals surface area contributed by atoms with E-state index >= 15 is 0 Å². The van der Waals surface area contributed by atoms with Gasteiger partial charge in [-0.3, -0.25) is 9.78 Å². The molecule has 6 nitrogen and oxygen atoms in total. The minimum Gasteiger partial charge on any atom is -0.324 e. The van der Waals surface area contributed by atoms with Crippen LogP contribution in [0.4, 0.5) is 10.1 Å². The number of carbonyl (C=O) groups is 1. The van der Waals surface area contributed by atoms with Crippen LogP contribution in [0.15, 0.2) is 53.7 Å². The molecule has 3 rings (SSSR count). The number of hydrogen-bond acceptors (Lipinski definition) is 4. The van der Waals surface area contributed by atoms with Crippen LogP contribution in [0.2, 0.25) is 0 Å². The molecule has 0 aliphatic carbocycles. The van der Waals surface area contributed by atoms with Crippen LogP contribution in [-0.4, -0.2) is 36.7 Å². The second-order valence-electron chi connectivity index (χ2n) is 5.89. The summed E-state index contributed by atoms with van der Waals surface area (Å²) >= 11 is 0. The summed E-state index contributed by atoms with van der Waals surface area (Å²) in [6.45, 7) is 0.447. The molecule has 8 heteroatoms. The fourth-order valence-electron chi connectivity index (χ4n) is 2.81. The number of carbonyl (C=O) groups excluding carboxylic acids is 1. The molecule has 1 atom stereocenters. The van der Waals surface area contributed by atoms with Gasteiger partial charge in [-0.15, -0.1) is 0 Å². The molecule has 2 heterocycles. The number of nitrogens with zero attached hydrogens (tertiary/aromatic N) is 2. The number of benzene rings is 1. The zero-order chi connectivity index (χ0) is 17.9. The fourth-order valence-corrected chi connectivity index (χ4v) is 4.34. The topological polar surface area (TPSA) is 79.4 Å². The lowest BCUT2D eigenvalue weighted by atomic mass is 9.99. The number of rotatable bonds is 4. The van der Waals surface area contributed by atoms with Gasteiger partial charge < -0.3 is 5.32 Å². The molecule has 25 heavy (non-hydrogen) atoms. The normalized spacial score (nSPS) is 18.7. The Hall–Kier alpha value is -2.32. The van der Waals surface area contributed by atoms with E-state index in [1.54, 1.807) is 18.3 Å². The molecule has 1 aromatic heterocycles. The van der Waals surface area contributed by atoms with E-state index in [-0.39, 0.29) is 17.3 Å². The molecule has 0 saturated carbocycles. The molecule has 0 unspecified atom stereocenters. The third-order valence-electron chi connectivity index (χ3n) is 4.14. The number of pyridine rings is 1. The van der Waals surface area contributed by atoms with E-state index in [1.165, 1.54) is 22.6 Å². The van der Waals surface area contributed by atoms with Gasteiger partial charge in [0.15, 0.2) is 0 Å². The van der Waals surface area contributed by atoms with E-state index in [1.807, 2.05) is 0 Å². The van der Waals surface area contributed by atoms with Crippen LogP contribution in [0.3, 0.4) is 0 Å². The van der Waals surface area contributed by atoms with Gasteiger partial charge in [-0.25, -0.2) is 12.8 Å². The Balaban J connectivity index is 1.72. The summed E-state index contributed by atoms with van der Waals surface area (Å²) < 4.78 is 39.7. The largest absolute Gasteiger partial charge is 0.324 e. The second kappa shape index (κ2) is 7.28. The van der Waals surface area contributed by atoms with Crippen molar-refractivity contribution < 1.29 is 17.6 Å². The van der Waals surface area contributed by atoms with Crippen molar-refractivity contribution >= 4 is 21.6 Å². The monoisotopic (exact) mass is 363 g/mol. The highest BCUT2D eigenvalue weighted by molar-refractivity contribution is 7.89. The number of amides is 1.